The van der Waals surface area contributed by atoms with Crippen LogP contribution in [0.25, 0.3) is 0 Å². The number of Topliss-reactive ketones (excluding diaryl/α,β-unsaturated/α-hetero) is 1. The minimum absolute atomic E-state index is 0.00546. The van der Waals surface area contributed by atoms with Gasteiger partial charge in [-0.05, 0) is 67.9 Å². The summed E-state index contributed by atoms with van der Waals surface area (Å²) in [6, 6.07) is 23.9. The van der Waals surface area contributed by atoms with Gasteiger partial charge in [0.15, 0.2) is 5.78 Å². The number of rotatable bonds is 8. The molecule has 0 aliphatic heterocycles. The molecule has 0 saturated carbocycles. The smallest absolute Gasteiger partial charge is 0.246 e. The Morgan fingerprint density at radius 3 is 2.10 bits per heavy atom. The number of carbonyl (C=O) groups excluding carboxylic acids is 2. The lowest BCUT2D eigenvalue weighted by atomic mass is 10.1. The Labute approximate surface area is 170 Å². The molecule has 0 aromatic heterocycles. The van der Waals surface area contributed by atoms with Crippen LogP contribution in [-0.4, -0.2) is 17.7 Å². The molecule has 29 heavy (non-hydrogen) atoms. The van der Waals surface area contributed by atoms with Gasteiger partial charge in [0.05, 0.1) is 0 Å². The van der Waals surface area contributed by atoms with E-state index in [9.17, 15) is 9.59 Å². The van der Waals surface area contributed by atoms with Crippen molar-refractivity contribution in [1.82, 2.24) is 0 Å². The molecular weight excluding hydrogens is 364 g/mol. The lowest BCUT2D eigenvalue weighted by molar-refractivity contribution is -0.116. The summed E-state index contributed by atoms with van der Waals surface area (Å²) < 4.78 is 5.77. The van der Waals surface area contributed by atoms with Gasteiger partial charge in [-0.25, -0.2) is 0 Å². The van der Waals surface area contributed by atoms with Gasteiger partial charge in [-0.3, -0.25) is 9.59 Å². The minimum atomic E-state index is -0.432. The number of hydrogen-bond donors (Lipinski definition) is 2. The van der Waals surface area contributed by atoms with Gasteiger partial charge in [0.25, 0.3) is 0 Å². The third-order valence-electron chi connectivity index (χ3n) is 4.44. The van der Waals surface area contributed by atoms with Crippen LogP contribution in [0.15, 0.2) is 78.9 Å². The highest BCUT2D eigenvalue weighted by atomic mass is 16.5. The maximum atomic E-state index is 12.4. The molecule has 2 N–H and O–H groups in total. The average molecular weight is 388 g/mol. The van der Waals surface area contributed by atoms with Crippen molar-refractivity contribution < 1.29 is 14.3 Å². The van der Waals surface area contributed by atoms with Gasteiger partial charge in [-0.1, -0.05) is 30.3 Å². The van der Waals surface area contributed by atoms with Crippen molar-refractivity contribution in [2.24, 2.45) is 0 Å². The van der Waals surface area contributed by atoms with Gasteiger partial charge in [-0.15, -0.1) is 0 Å². The van der Waals surface area contributed by atoms with Crippen LogP contribution in [0.5, 0.6) is 5.75 Å². The topological polar surface area (TPSA) is 67.4 Å². The van der Waals surface area contributed by atoms with Crippen LogP contribution in [0.1, 0.15) is 29.8 Å². The zero-order valence-electron chi connectivity index (χ0n) is 16.5. The van der Waals surface area contributed by atoms with E-state index in [1.54, 1.807) is 31.2 Å². The number of hydrogen-bond acceptors (Lipinski definition) is 4. The van der Waals surface area contributed by atoms with Crippen molar-refractivity contribution in [2.75, 3.05) is 10.6 Å². The van der Waals surface area contributed by atoms with Crippen LogP contribution in [0.3, 0.4) is 0 Å². The molecule has 1 atom stereocenters. The first kappa shape index (κ1) is 20.1. The highest BCUT2D eigenvalue weighted by molar-refractivity contribution is 5.97. The average Bonchev–Trinajstić information content (AvgIpc) is 2.74. The second kappa shape index (κ2) is 9.55. The van der Waals surface area contributed by atoms with E-state index in [1.165, 1.54) is 6.92 Å². The van der Waals surface area contributed by atoms with E-state index in [2.05, 4.69) is 10.6 Å². The molecular formula is C24H24N2O3. The van der Waals surface area contributed by atoms with E-state index in [-0.39, 0.29) is 11.7 Å². The highest BCUT2D eigenvalue weighted by Gasteiger charge is 2.13. The first-order valence-corrected chi connectivity index (χ1v) is 9.46. The summed E-state index contributed by atoms with van der Waals surface area (Å²) in [6.07, 6.45) is 0. The molecule has 5 nitrogen and oxygen atoms in total. The molecule has 0 radical (unpaired) electrons. The molecule has 0 aliphatic carbocycles. The lowest BCUT2D eigenvalue weighted by Gasteiger charge is -2.16. The van der Waals surface area contributed by atoms with Crippen molar-refractivity contribution >= 4 is 23.1 Å². The Morgan fingerprint density at radius 2 is 1.48 bits per heavy atom. The van der Waals surface area contributed by atoms with E-state index in [0.29, 0.717) is 17.9 Å². The van der Waals surface area contributed by atoms with Crippen molar-refractivity contribution in [1.29, 1.82) is 0 Å². The van der Waals surface area contributed by atoms with E-state index in [1.807, 2.05) is 54.6 Å². The molecule has 5 heteroatoms. The molecule has 0 fully saturated rings. The molecule has 0 bridgehead atoms. The van der Waals surface area contributed by atoms with Gasteiger partial charge >= 0.3 is 0 Å². The first-order valence-electron chi connectivity index (χ1n) is 9.46. The van der Waals surface area contributed by atoms with Crippen LogP contribution in [0, 0.1) is 0 Å². The van der Waals surface area contributed by atoms with E-state index in [0.717, 1.165) is 17.0 Å². The maximum Gasteiger partial charge on any atom is 0.246 e. The first-order chi connectivity index (χ1) is 14.0. The predicted octanol–water partition coefficient (Wildman–Crippen LogP) is 4.91. The summed E-state index contributed by atoms with van der Waals surface area (Å²) in [4.78, 5) is 23.7. The molecule has 1 unspecified atom stereocenters. The fourth-order valence-electron chi connectivity index (χ4n) is 2.74. The van der Waals surface area contributed by atoms with Crippen LogP contribution in [0.2, 0.25) is 0 Å². The van der Waals surface area contributed by atoms with E-state index in [4.69, 9.17) is 4.74 Å². The number of anilines is 2. The molecule has 148 valence electrons. The Kier molecular flexibility index (Phi) is 6.63. The van der Waals surface area contributed by atoms with Crippen LogP contribution in [0.4, 0.5) is 11.4 Å². The zero-order valence-corrected chi connectivity index (χ0v) is 16.5. The Hall–Kier alpha value is -3.60. The summed E-state index contributed by atoms with van der Waals surface area (Å²) in [6.45, 7) is 3.81. The highest BCUT2D eigenvalue weighted by Crippen LogP contribution is 2.18. The molecule has 1 amide bonds. The third kappa shape index (κ3) is 5.94. The second-order valence-electron chi connectivity index (χ2n) is 6.79. The number of ketones is 1. The van der Waals surface area contributed by atoms with Crippen molar-refractivity contribution in [3.05, 3.63) is 90.0 Å². The van der Waals surface area contributed by atoms with Gasteiger partial charge in [0.1, 0.15) is 18.4 Å². The molecule has 3 aromatic carbocycles. The van der Waals surface area contributed by atoms with Gasteiger partial charge in [-0.2, -0.15) is 0 Å². The normalized spacial score (nSPS) is 11.4. The summed E-state index contributed by atoms with van der Waals surface area (Å²) in [5.41, 5.74) is 3.20. The number of amides is 1. The predicted molar refractivity (Wildman–Crippen MR) is 115 cm³/mol. The summed E-state index contributed by atoms with van der Waals surface area (Å²) in [5.74, 6) is 0.598. The van der Waals surface area contributed by atoms with Gasteiger partial charge < -0.3 is 15.4 Å². The van der Waals surface area contributed by atoms with Crippen molar-refractivity contribution in [2.45, 2.75) is 26.5 Å². The Balaban J connectivity index is 1.50. The summed E-state index contributed by atoms with van der Waals surface area (Å²) in [5, 5.41) is 6.01. The molecule has 0 saturated heterocycles. The van der Waals surface area contributed by atoms with Gasteiger partial charge in [0, 0.05) is 16.9 Å². The minimum Gasteiger partial charge on any atom is -0.489 e. The van der Waals surface area contributed by atoms with Crippen LogP contribution < -0.4 is 15.4 Å². The van der Waals surface area contributed by atoms with Crippen molar-refractivity contribution in [3.63, 3.8) is 0 Å². The zero-order chi connectivity index (χ0) is 20.6. The number of nitrogens with one attached hydrogen (secondary N) is 2. The maximum absolute atomic E-state index is 12.4. The van der Waals surface area contributed by atoms with E-state index < -0.39 is 6.04 Å². The Morgan fingerprint density at radius 1 is 0.862 bits per heavy atom. The number of ether oxygens (including phenoxy) is 1. The second-order valence-corrected chi connectivity index (χ2v) is 6.79. The summed E-state index contributed by atoms with van der Waals surface area (Å²) >= 11 is 0. The summed E-state index contributed by atoms with van der Waals surface area (Å²) in [7, 11) is 0. The standard InChI is InChI=1S/C24H24N2O3/c1-17(24(28)26-22-10-8-20(9-11-22)18(2)27)25-21-12-14-23(15-13-21)29-16-19-6-4-3-5-7-19/h3-15,17,25H,16H2,1-2H3,(H,26,28). The number of benzene rings is 3. The molecule has 0 aliphatic rings. The van der Waals surface area contributed by atoms with Crippen molar-refractivity contribution in [3.8, 4) is 5.75 Å². The SMILES string of the molecule is CC(=O)c1ccc(NC(=O)C(C)Nc2ccc(OCc3ccccc3)cc2)cc1. The molecule has 0 heterocycles. The largest absolute Gasteiger partial charge is 0.489 e. The van der Waals surface area contributed by atoms with Crippen LogP contribution in [-0.2, 0) is 11.4 Å². The van der Waals surface area contributed by atoms with Gasteiger partial charge in [0.2, 0.25) is 5.91 Å². The Bertz CT molecular complexity index is 952. The number of carbonyl (C=O) groups is 2. The third-order valence-corrected chi connectivity index (χ3v) is 4.44. The molecule has 3 rings (SSSR count). The fourth-order valence-corrected chi connectivity index (χ4v) is 2.74. The quantitative estimate of drug-likeness (QED) is 0.538. The van der Waals surface area contributed by atoms with Crippen LogP contribution >= 0.6 is 0 Å². The fraction of sp³-hybridized carbons (Fsp3) is 0.167. The molecule has 3 aromatic rings. The lowest BCUT2D eigenvalue weighted by Crippen LogP contribution is -2.31. The molecule has 0 spiro atoms. The monoisotopic (exact) mass is 388 g/mol. The van der Waals surface area contributed by atoms with E-state index >= 15 is 0 Å².